The van der Waals surface area contributed by atoms with E-state index in [1.165, 1.54) is 12.0 Å². The number of ether oxygens (including phenoxy) is 1. The first-order chi connectivity index (χ1) is 11.5. The number of hydrogen-bond donors (Lipinski definition) is 1. The predicted octanol–water partition coefficient (Wildman–Crippen LogP) is 3.31. The van der Waals surface area contributed by atoms with E-state index < -0.39 is 5.97 Å². The first-order valence-corrected chi connectivity index (χ1v) is 8.12. The smallest absolute Gasteiger partial charge is 0.305 e. The zero-order valence-corrected chi connectivity index (χ0v) is 14.8. The molecular weight excluding hydrogens is 378 g/mol. The summed E-state index contributed by atoms with van der Waals surface area (Å²) in [5.41, 5.74) is 0.895. The van der Waals surface area contributed by atoms with E-state index in [0.717, 1.165) is 10.0 Å². The van der Waals surface area contributed by atoms with Gasteiger partial charge in [0.25, 0.3) is 5.91 Å². The molecule has 1 aromatic heterocycles. The van der Waals surface area contributed by atoms with E-state index in [-0.39, 0.29) is 31.2 Å². The number of benzene rings is 1. The molecule has 0 atom stereocenters. The van der Waals surface area contributed by atoms with Crippen molar-refractivity contribution in [2.24, 2.45) is 0 Å². The molecule has 0 aliphatic rings. The van der Waals surface area contributed by atoms with Crippen LogP contribution in [0.25, 0.3) is 0 Å². The number of nitrogens with zero attached hydrogens (tertiary/aromatic N) is 1. The molecule has 7 heteroatoms. The van der Waals surface area contributed by atoms with E-state index in [4.69, 9.17) is 14.3 Å². The molecule has 0 aliphatic heterocycles. The van der Waals surface area contributed by atoms with Gasteiger partial charge >= 0.3 is 5.97 Å². The maximum absolute atomic E-state index is 12.7. The molecule has 1 amide bonds. The molecule has 1 N–H and O–H groups in total. The van der Waals surface area contributed by atoms with Gasteiger partial charge in [0.2, 0.25) is 0 Å². The monoisotopic (exact) mass is 395 g/mol. The number of methoxy groups -OCH3 is 1. The van der Waals surface area contributed by atoms with Gasteiger partial charge in [-0.15, -0.1) is 0 Å². The highest BCUT2D eigenvalue weighted by molar-refractivity contribution is 9.10. The van der Waals surface area contributed by atoms with E-state index >= 15 is 0 Å². The molecule has 0 bridgehead atoms. The van der Waals surface area contributed by atoms with Gasteiger partial charge in [-0.25, -0.2) is 0 Å². The summed E-state index contributed by atoms with van der Waals surface area (Å²) in [5, 5.41) is 8.91. The van der Waals surface area contributed by atoms with E-state index in [1.807, 2.05) is 24.3 Å². The fourth-order valence-corrected chi connectivity index (χ4v) is 2.65. The third-order valence-corrected chi connectivity index (χ3v) is 3.80. The van der Waals surface area contributed by atoms with Crippen LogP contribution in [0.1, 0.15) is 28.3 Å². The molecule has 0 radical (unpaired) electrons. The molecule has 2 aromatic rings. The summed E-state index contributed by atoms with van der Waals surface area (Å²) in [6.45, 7) is 0.668. The molecule has 0 saturated carbocycles. The average molecular weight is 396 g/mol. The lowest BCUT2D eigenvalue weighted by atomic mass is 10.2. The van der Waals surface area contributed by atoms with Crippen molar-refractivity contribution in [1.82, 2.24) is 4.90 Å². The Bertz CT molecular complexity index is 713. The summed E-state index contributed by atoms with van der Waals surface area (Å²) in [6.07, 6.45) is -0.134. The molecule has 2 rings (SSSR count). The largest absolute Gasteiger partial charge is 0.481 e. The highest BCUT2D eigenvalue weighted by atomic mass is 79.9. The van der Waals surface area contributed by atoms with Gasteiger partial charge in [0, 0.05) is 24.7 Å². The topological polar surface area (TPSA) is 80.0 Å². The summed E-state index contributed by atoms with van der Waals surface area (Å²) in [7, 11) is 1.54. The van der Waals surface area contributed by atoms with E-state index in [0.29, 0.717) is 12.3 Å². The Balaban J connectivity index is 2.17. The van der Waals surface area contributed by atoms with Gasteiger partial charge in [-0.2, -0.15) is 0 Å². The maximum atomic E-state index is 12.7. The minimum atomic E-state index is -0.957. The van der Waals surface area contributed by atoms with Crippen molar-refractivity contribution in [3.63, 3.8) is 0 Å². The number of carbonyl (C=O) groups is 2. The SMILES string of the molecule is COCc1ccc(C(=O)N(CCC(=O)O)Cc2cccc(Br)c2)o1. The zero-order chi connectivity index (χ0) is 17.5. The maximum Gasteiger partial charge on any atom is 0.305 e. The summed E-state index contributed by atoms with van der Waals surface area (Å²) in [5.74, 6) is -0.593. The van der Waals surface area contributed by atoms with Gasteiger partial charge in [0.1, 0.15) is 12.4 Å². The number of carbonyl (C=O) groups excluding carboxylic acids is 1. The van der Waals surface area contributed by atoms with Crippen LogP contribution in [0.2, 0.25) is 0 Å². The Hall–Kier alpha value is -2.12. The quantitative estimate of drug-likeness (QED) is 0.741. The van der Waals surface area contributed by atoms with Gasteiger partial charge in [-0.3, -0.25) is 9.59 Å². The number of hydrogen-bond acceptors (Lipinski definition) is 4. The Morgan fingerprint density at radius 1 is 1.29 bits per heavy atom. The number of carboxylic acid groups (broad SMARTS) is 1. The molecule has 0 unspecified atom stereocenters. The summed E-state index contributed by atoms with van der Waals surface area (Å²) >= 11 is 3.39. The van der Waals surface area contributed by atoms with Crippen molar-refractivity contribution in [2.75, 3.05) is 13.7 Å². The highest BCUT2D eigenvalue weighted by Crippen LogP contribution is 2.17. The molecule has 1 heterocycles. The van der Waals surface area contributed by atoms with Crippen LogP contribution >= 0.6 is 15.9 Å². The normalized spacial score (nSPS) is 10.6. The second-order valence-corrected chi connectivity index (χ2v) is 6.12. The second kappa shape index (κ2) is 8.65. The van der Waals surface area contributed by atoms with Gasteiger partial charge in [-0.05, 0) is 29.8 Å². The lowest BCUT2D eigenvalue weighted by molar-refractivity contribution is -0.137. The summed E-state index contributed by atoms with van der Waals surface area (Å²) < 4.78 is 11.3. The Labute approximate surface area is 148 Å². The third kappa shape index (κ3) is 5.21. The Morgan fingerprint density at radius 2 is 2.08 bits per heavy atom. The molecule has 128 valence electrons. The van der Waals surface area contributed by atoms with Crippen LogP contribution in [0.4, 0.5) is 0 Å². The van der Waals surface area contributed by atoms with Crippen LogP contribution in [-0.2, 0) is 22.7 Å². The molecule has 0 fully saturated rings. The van der Waals surface area contributed by atoms with E-state index in [1.54, 1.807) is 12.1 Å². The van der Waals surface area contributed by atoms with E-state index in [2.05, 4.69) is 15.9 Å². The summed E-state index contributed by atoms with van der Waals surface area (Å²) in [6, 6.07) is 10.8. The molecule has 0 spiro atoms. The second-order valence-electron chi connectivity index (χ2n) is 5.20. The third-order valence-electron chi connectivity index (χ3n) is 3.30. The number of furan rings is 1. The van der Waals surface area contributed by atoms with Crippen molar-refractivity contribution in [3.8, 4) is 0 Å². The van der Waals surface area contributed by atoms with Crippen molar-refractivity contribution < 1.29 is 23.8 Å². The Kier molecular flexibility index (Phi) is 6.57. The summed E-state index contributed by atoms with van der Waals surface area (Å²) in [4.78, 5) is 25.0. The number of rotatable bonds is 8. The number of halogens is 1. The molecule has 1 aromatic carbocycles. The lowest BCUT2D eigenvalue weighted by Gasteiger charge is -2.21. The van der Waals surface area contributed by atoms with Gasteiger partial charge in [-0.1, -0.05) is 28.1 Å². The number of carboxylic acids is 1. The van der Waals surface area contributed by atoms with Gasteiger partial charge in [0.05, 0.1) is 6.42 Å². The van der Waals surface area contributed by atoms with Crippen molar-refractivity contribution in [1.29, 1.82) is 0 Å². The van der Waals surface area contributed by atoms with Crippen LogP contribution in [0.5, 0.6) is 0 Å². The zero-order valence-electron chi connectivity index (χ0n) is 13.2. The molecule has 0 saturated heterocycles. The minimum Gasteiger partial charge on any atom is -0.481 e. The number of amides is 1. The van der Waals surface area contributed by atoms with Crippen LogP contribution in [0, 0.1) is 0 Å². The minimum absolute atomic E-state index is 0.0982. The number of aliphatic carboxylic acids is 1. The standard InChI is InChI=1S/C17H18BrNO5/c1-23-11-14-5-6-15(24-14)17(22)19(8-7-16(20)21)10-12-3-2-4-13(18)9-12/h2-6,9H,7-8,10-11H2,1H3,(H,20,21). The predicted molar refractivity (Wildman–Crippen MR) is 90.6 cm³/mol. The van der Waals surface area contributed by atoms with E-state index in [9.17, 15) is 9.59 Å². The van der Waals surface area contributed by atoms with Crippen molar-refractivity contribution >= 4 is 27.8 Å². The van der Waals surface area contributed by atoms with Crippen LogP contribution < -0.4 is 0 Å². The average Bonchev–Trinajstić information content (AvgIpc) is 2.99. The van der Waals surface area contributed by atoms with Crippen LogP contribution in [0.15, 0.2) is 45.3 Å². The van der Waals surface area contributed by atoms with Gasteiger partial charge < -0.3 is 19.2 Å². The lowest BCUT2D eigenvalue weighted by Crippen LogP contribution is -2.32. The first kappa shape index (κ1) is 18.2. The van der Waals surface area contributed by atoms with Crippen LogP contribution in [0.3, 0.4) is 0 Å². The fourth-order valence-electron chi connectivity index (χ4n) is 2.21. The van der Waals surface area contributed by atoms with Gasteiger partial charge in [0.15, 0.2) is 5.76 Å². The first-order valence-electron chi connectivity index (χ1n) is 7.32. The molecule has 24 heavy (non-hydrogen) atoms. The Morgan fingerprint density at radius 3 is 2.75 bits per heavy atom. The highest BCUT2D eigenvalue weighted by Gasteiger charge is 2.20. The molecular formula is C17H18BrNO5. The van der Waals surface area contributed by atoms with Crippen molar-refractivity contribution in [3.05, 3.63) is 58.0 Å². The van der Waals surface area contributed by atoms with Crippen molar-refractivity contribution in [2.45, 2.75) is 19.6 Å². The molecule has 6 nitrogen and oxygen atoms in total. The van der Waals surface area contributed by atoms with Crippen LogP contribution in [-0.4, -0.2) is 35.5 Å². The fraction of sp³-hybridized carbons (Fsp3) is 0.294. The molecule has 0 aliphatic carbocycles.